The van der Waals surface area contributed by atoms with Crippen LogP contribution in [0.15, 0.2) is 33.9 Å². The van der Waals surface area contributed by atoms with Crippen molar-refractivity contribution in [1.29, 1.82) is 0 Å². The van der Waals surface area contributed by atoms with Gasteiger partial charge in [-0.2, -0.15) is 0 Å². The van der Waals surface area contributed by atoms with Gasteiger partial charge in [0.05, 0.1) is 5.52 Å². The van der Waals surface area contributed by atoms with Crippen molar-refractivity contribution < 1.29 is 18.7 Å². The highest BCUT2D eigenvalue weighted by molar-refractivity contribution is 9.10. The molecule has 0 radical (unpaired) electrons. The molecule has 2 amide bonds. The first-order valence-corrected chi connectivity index (χ1v) is 9.97. The minimum Gasteiger partial charge on any atom is -0.448 e. The second kappa shape index (κ2) is 7.52. The molecule has 7 nitrogen and oxygen atoms in total. The lowest BCUT2D eigenvalue weighted by atomic mass is 10.2. The monoisotopic (exact) mass is 435 g/mol. The standard InChI is InChI=1S/C19H22BrN3O4/c1-2-5-23-13-12-17(20)27-16(13)11-14(23)18(24)21-6-8-22(9-7-21)19(25)15-4-3-10-26-15/h2,11-12,15H,1,3-10H2. The van der Waals surface area contributed by atoms with Gasteiger partial charge in [-0.3, -0.25) is 9.59 Å². The summed E-state index contributed by atoms with van der Waals surface area (Å²) in [6.45, 7) is 7.07. The third-order valence-corrected chi connectivity index (χ3v) is 5.56. The zero-order valence-electron chi connectivity index (χ0n) is 15.0. The van der Waals surface area contributed by atoms with Gasteiger partial charge < -0.3 is 23.5 Å². The van der Waals surface area contributed by atoms with Gasteiger partial charge in [0, 0.05) is 51.5 Å². The zero-order valence-corrected chi connectivity index (χ0v) is 16.6. The third-order valence-electron chi connectivity index (χ3n) is 5.17. The van der Waals surface area contributed by atoms with Gasteiger partial charge in [0.15, 0.2) is 10.3 Å². The molecule has 4 heterocycles. The smallest absolute Gasteiger partial charge is 0.270 e. The fraction of sp³-hybridized carbons (Fsp3) is 0.474. The minimum atomic E-state index is -0.303. The Hall–Kier alpha value is -2.06. The number of nitrogens with zero attached hydrogens (tertiary/aromatic N) is 3. The van der Waals surface area contributed by atoms with Crippen molar-refractivity contribution in [2.45, 2.75) is 25.5 Å². The average Bonchev–Trinajstić information content (AvgIpc) is 3.39. The van der Waals surface area contributed by atoms with Crippen LogP contribution in [-0.2, 0) is 16.1 Å². The summed E-state index contributed by atoms with van der Waals surface area (Å²) in [4.78, 5) is 29.1. The van der Waals surface area contributed by atoms with E-state index in [2.05, 4.69) is 22.5 Å². The maximum atomic E-state index is 13.1. The van der Waals surface area contributed by atoms with Crippen LogP contribution >= 0.6 is 15.9 Å². The Balaban J connectivity index is 1.47. The fourth-order valence-corrected chi connectivity index (χ4v) is 4.17. The molecule has 2 aliphatic heterocycles. The lowest BCUT2D eigenvalue weighted by molar-refractivity contribution is -0.142. The molecule has 2 aliphatic rings. The van der Waals surface area contributed by atoms with Crippen LogP contribution in [0.4, 0.5) is 0 Å². The lowest BCUT2D eigenvalue weighted by Crippen LogP contribution is -2.53. The number of hydrogen-bond acceptors (Lipinski definition) is 4. The van der Waals surface area contributed by atoms with E-state index >= 15 is 0 Å². The number of carbonyl (C=O) groups is 2. The molecule has 1 atom stereocenters. The van der Waals surface area contributed by atoms with E-state index in [0.29, 0.717) is 55.3 Å². The van der Waals surface area contributed by atoms with Gasteiger partial charge in [0.2, 0.25) is 0 Å². The van der Waals surface area contributed by atoms with Crippen LogP contribution in [0.5, 0.6) is 0 Å². The molecule has 27 heavy (non-hydrogen) atoms. The number of allylic oxidation sites excluding steroid dienone is 1. The number of hydrogen-bond donors (Lipinski definition) is 0. The Morgan fingerprint density at radius 2 is 1.96 bits per heavy atom. The molecule has 4 rings (SSSR count). The van der Waals surface area contributed by atoms with Crippen LogP contribution < -0.4 is 0 Å². The van der Waals surface area contributed by atoms with Gasteiger partial charge >= 0.3 is 0 Å². The highest BCUT2D eigenvalue weighted by Gasteiger charge is 2.32. The topological polar surface area (TPSA) is 67.9 Å². The molecule has 0 N–H and O–H groups in total. The lowest BCUT2D eigenvalue weighted by Gasteiger charge is -2.35. The average molecular weight is 436 g/mol. The van der Waals surface area contributed by atoms with Gasteiger partial charge in [-0.25, -0.2) is 0 Å². The van der Waals surface area contributed by atoms with Crippen LogP contribution in [0.1, 0.15) is 23.3 Å². The fourth-order valence-electron chi connectivity index (χ4n) is 3.78. The maximum Gasteiger partial charge on any atom is 0.270 e. The van der Waals surface area contributed by atoms with Crippen molar-refractivity contribution in [3.63, 3.8) is 0 Å². The van der Waals surface area contributed by atoms with E-state index in [1.165, 1.54) is 0 Å². The Labute approximate surface area is 165 Å². The third kappa shape index (κ3) is 3.43. The van der Waals surface area contributed by atoms with Crippen molar-refractivity contribution in [2.24, 2.45) is 0 Å². The molecule has 0 spiro atoms. The Morgan fingerprint density at radius 3 is 2.63 bits per heavy atom. The molecule has 1 unspecified atom stereocenters. The van der Waals surface area contributed by atoms with Gasteiger partial charge in [0.1, 0.15) is 11.8 Å². The maximum absolute atomic E-state index is 13.1. The van der Waals surface area contributed by atoms with Crippen LogP contribution in [0, 0.1) is 0 Å². The Morgan fingerprint density at radius 1 is 1.22 bits per heavy atom. The van der Waals surface area contributed by atoms with Gasteiger partial charge in [-0.15, -0.1) is 6.58 Å². The first kappa shape index (κ1) is 18.3. The normalized spacial score (nSPS) is 20.4. The summed E-state index contributed by atoms with van der Waals surface area (Å²) < 4.78 is 13.6. The molecule has 2 saturated heterocycles. The molecule has 0 bridgehead atoms. The van der Waals surface area contributed by atoms with Crippen molar-refractivity contribution in [2.75, 3.05) is 32.8 Å². The summed E-state index contributed by atoms with van der Waals surface area (Å²) in [5.41, 5.74) is 2.10. The molecule has 0 aliphatic carbocycles. The summed E-state index contributed by atoms with van der Waals surface area (Å²) in [6.07, 6.45) is 3.19. The molecule has 2 aromatic rings. The van der Waals surface area contributed by atoms with E-state index in [4.69, 9.17) is 9.15 Å². The Bertz CT molecular complexity index is 873. The number of fused-ring (bicyclic) bond motifs is 1. The quantitative estimate of drug-likeness (QED) is 0.692. The van der Waals surface area contributed by atoms with E-state index in [1.54, 1.807) is 17.0 Å². The van der Waals surface area contributed by atoms with Crippen molar-refractivity contribution in [3.8, 4) is 0 Å². The predicted octanol–water partition coefficient (Wildman–Crippen LogP) is 2.65. The largest absolute Gasteiger partial charge is 0.448 e. The van der Waals surface area contributed by atoms with Crippen molar-refractivity contribution in [3.05, 3.63) is 35.2 Å². The second-order valence-corrected chi connectivity index (χ2v) is 7.63. The number of piperazine rings is 1. The van der Waals surface area contributed by atoms with Crippen LogP contribution in [0.3, 0.4) is 0 Å². The SMILES string of the molecule is C=CCn1c(C(=O)N2CCN(C(=O)C3CCCO3)CC2)cc2oc(Br)cc21. The summed E-state index contributed by atoms with van der Waals surface area (Å²) in [7, 11) is 0. The molecule has 2 aromatic heterocycles. The summed E-state index contributed by atoms with van der Waals surface area (Å²) in [5, 5.41) is 0. The molecule has 0 aromatic carbocycles. The van der Waals surface area contributed by atoms with E-state index < -0.39 is 0 Å². The number of amides is 2. The van der Waals surface area contributed by atoms with E-state index in [9.17, 15) is 9.59 Å². The van der Waals surface area contributed by atoms with Crippen molar-refractivity contribution in [1.82, 2.24) is 14.4 Å². The van der Waals surface area contributed by atoms with Gasteiger partial charge in [0.25, 0.3) is 11.8 Å². The molecule has 2 fully saturated rings. The molecule has 144 valence electrons. The number of carbonyl (C=O) groups excluding carboxylic acids is 2. The molecule has 8 heteroatoms. The predicted molar refractivity (Wildman–Crippen MR) is 104 cm³/mol. The Kier molecular flexibility index (Phi) is 5.10. The number of ether oxygens (including phenoxy) is 1. The van der Waals surface area contributed by atoms with Crippen molar-refractivity contribution >= 4 is 38.8 Å². The highest BCUT2D eigenvalue weighted by atomic mass is 79.9. The number of furan rings is 1. The summed E-state index contributed by atoms with van der Waals surface area (Å²) >= 11 is 3.33. The summed E-state index contributed by atoms with van der Waals surface area (Å²) in [5.74, 6) is 0.000540. The highest BCUT2D eigenvalue weighted by Crippen LogP contribution is 2.28. The van der Waals surface area contributed by atoms with Crippen LogP contribution in [-0.4, -0.2) is 65.1 Å². The molecular formula is C19H22BrN3O4. The number of halogens is 1. The molecule has 0 saturated carbocycles. The summed E-state index contributed by atoms with van der Waals surface area (Å²) in [6, 6.07) is 3.63. The van der Waals surface area contributed by atoms with Crippen LogP contribution in [0.2, 0.25) is 0 Å². The second-order valence-electron chi connectivity index (χ2n) is 6.85. The van der Waals surface area contributed by atoms with E-state index in [0.717, 1.165) is 18.4 Å². The first-order chi connectivity index (χ1) is 13.1. The van der Waals surface area contributed by atoms with E-state index in [1.807, 2.05) is 15.5 Å². The molecular weight excluding hydrogens is 414 g/mol. The minimum absolute atomic E-state index is 0.0522. The first-order valence-electron chi connectivity index (χ1n) is 9.17. The number of rotatable bonds is 4. The zero-order chi connectivity index (χ0) is 19.0. The van der Waals surface area contributed by atoms with E-state index in [-0.39, 0.29) is 17.9 Å². The van der Waals surface area contributed by atoms with Crippen LogP contribution in [0.25, 0.3) is 11.1 Å². The number of aromatic nitrogens is 1. The van der Waals surface area contributed by atoms with Gasteiger partial charge in [-0.05, 0) is 28.8 Å². The van der Waals surface area contributed by atoms with Gasteiger partial charge in [-0.1, -0.05) is 6.08 Å².